The number of carbonyl (C=O) groups excluding carboxylic acids is 1. The highest BCUT2D eigenvalue weighted by Gasteiger charge is 2.24. The van der Waals surface area contributed by atoms with Gasteiger partial charge in [-0.1, -0.05) is 12.1 Å². The Hall–Kier alpha value is -2.65. The number of hydrogen-bond donors (Lipinski definition) is 2. The Labute approximate surface area is 163 Å². The Bertz CT molecular complexity index is 932. The van der Waals surface area contributed by atoms with E-state index >= 15 is 0 Å². The molecule has 28 heavy (non-hydrogen) atoms. The van der Waals surface area contributed by atoms with E-state index in [1.165, 1.54) is 51.5 Å². The summed E-state index contributed by atoms with van der Waals surface area (Å²) < 4.78 is 50.7. The third kappa shape index (κ3) is 5.20. The van der Waals surface area contributed by atoms with Crippen LogP contribution >= 0.6 is 0 Å². The Balaban J connectivity index is 2.08. The summed E-state index contributed by atoms with van der Waals surface area (Å²) in [6, 6.07) is 8.39. The summed E-state index contributed by atoms with van der Waals surface area (Å²) >= 11 is 0. The van der Waals surface area contributed by atoms with Crippen LogP contribution in [0.2, 0.25) is 0 Å². The summed E-state index contributed by atoms with van der Waals surface area (Å²) in [7, 11) is -1.12. The topological polar surface area (TPSA) is 93.7 Å². The van der Waals surface area contributed by atoms with Gasteiger partial charge in [0.1, 0.15) is 5.82 Å². The van der Waals surface area contributed by atoms with Crippen LogP contribution in [0.3, 0.4) is 0 Å². The SMILES string of the molecule is COc1ccc(S(=O)(=O)N[C@H](C)C(=O)N[C@H](C)c2ccc(F)cc2)cc1OC. The normalized spacial score (nSPS) is 13.5. The Morgan fingerprint density at radius 1 is 1.00 bits per heavy atom. The molecular formula is C19H23FN2O5S. The molecule has 0 fully saturated rings. The molecule has 2 atom stereocenters. The van der Waals surface area contributed by atoms with E-state index < -0.39 is 28.0 Å². The highest BCUT2D eigenvalue weighted by atomic mass is 32.2. The maximum atomic E-state index is 13.0. The van der Waals surface area contributed by atoms with Crippen LogP contribution in [0.1, 0.15) is 25.5 Å². The van der Waals surface area contributed by atoms with Crippen LogP contribution < -0.4 is 19.5 Å². The fourth-order valence-corrected chi connectivity index (χ4v) is 3.73. The predicted octanol–water partition coefficient (Wildman–Crippen LogP) is 2.39. The number of rotatable bonds is 8. The van der Waals surface area contributed by atoms with Crippen molar-refractivity contribution in [3.8, 4) is 11.5 Å². The Morgan fingerprint density at radius 3 is 2.18 bits per heavy atom. The number of sulfonamides is 1. The standard InChI is InChI=1S/C19H23FN2O5S/c1-12(14-5-7-15(20)8-6-14)21-19(23)13(2)22-28(24,25)16-9-10-17(26-3)18(11-16)27-4/h5-13,22H,1-4H3,(H,21,23)/t12-,13-/m1/s1. The predicted molar refractivity (Wildman–Crippen MR) is 102 cm³/mol. The van der Waals surface area contributed by atoms with Crippen molar-refractivity contribution in [2.75, 3.05) is 14.2 Å². The average molecular weight is 410 g/mol. The third-order valence-electron chi connectivity index (χ3n) is 4.12. The zero-order valence-corrected chi connectivity index (χ0v) is 16.8. The number of hydrogen-bond acceptors (Lipinski definition) is 5. The Kier molecular flexibility index (Phi) is 6.98. The molecule has 0 heterocycles. The van der Waals surface area contributed by atoms with Gasteiger partial charge in [0.05, 0.1) is 31.2 Å². The second-order valence-corrected chi connectivity index (χ2v) is 7.86. The molecule has 7 nitrogen and oxygen atoms in total. The number of methoxy groups -OCH3 is 2. The first-order valence-corrected chi connectivity index (χ1v) is 9.96. The summed E-state index contributed by atoms with van der Waals surface area (Å²) in [5, 5.41) is 2.70. The highest BCUT2D eigenvalue weighted by Crippen LogP contribution is 2.29. The summed E-state index contributed by atoms with van der Waals surface area (Å²) in [5.41, 5.74) is 0.699. The monoisotopic (exact) mass is 410 g/mol. The smallest absolute Gasteiger partial charge is 0.241 e. The van der Waals surface area contributed by atoms with Gasteiger partial charge in [-0.2, -0.15) is 4.72 Å². The van der Waals surface area contributed by atoms with Crippen molar-refractivity contribution in [3.05, 3.63) is 53.8 Å². The molecule has 0 spiro atoms. The molecule has 1 amide bonds. The zero-order valence-electron chi connectivity index (χ0n) is 16.0. The molecule has 0 saturated carbocycles. The van der Waals surface area contributed by atoms with Gasteiger partial charge in [0.15, 0.2) is 11.5 Å². The quantitative estimate of drug-likeness (QED) is 0.697. The van der Waals surface area contributed by atoms with Crippen molar-refractivity contribution in [2.24, 2.45) is 0 Å². The van der Waals surface area contributed by atoms with Crippen molar-refractivity contribution in [3.63, 3.8) is 0 Å². The van der Waals surface area contributed by atoms with Crippen LogP contribution in [0.5, 0.6) is 11.5 Å². The molecule has 2 aromatic rings. The van der Waals surface area contributed by atoms with Gasteiger partial charge in [0, 0.05) is 6.07 Å². The summed E-state index contributed by atoms with van der Waals surface area (Å²) in [4.78, 5) is 12.3. The van der Waals surface area contributed by atoms with Crippen molar-refractivity contribution in [1.82, 2.24) is 10.0 Å². The van der Waals surface area contributed by atoms with Gasteiger partial charge in [-0.3, -0.25) is 4.79 Å². The lowest BCUT2D eigenvalue weighted by atomic mass is 10.1. The first-order valence-electron chi connectivity index (χ1n) is 8.48. The number of carbonyl (C=O) groups is 1. The van der Waals surface area contributed by atoms with Crippen molar-refractivity contribution < 1.29 is 27.1 Å². The second-order valence-electron chi connectivity index (χ2n) is 6.14. The molecular weight excluding hydrogens is 387 g/mol. The highest BCUT2D eigenvalue weighted by molar-refractivity contribution is 7.89. The fourth-order valence-electron chi connectivity index (χ4n) is 2.51. The molecule has 152 valence electrons. The van der Waals surface area contributed by atoms with Crippen LogP contribution in [-0.4, -0.2) is 34.6 Å². The number of nitrogens with one attached hydrogen (secondary N) is 2. The molecule has 0 radical (unpaired) electrons. The molecule has 0 saturated heterocycles. The first kappa shape index (κ1) is 21.6. The minimum absolute atomic E-state index is 0.0589. The van der Waals surface area contributed by atoms with E-state index in [2.05, 4.69) is 10.0 Å². The van der Waals surface area contributed by atoms with Crippen molar-refractivity contribution >= 4 is 15.9 Å². The van der Waals surface area contributed by atoms with E-state index in [4.69, 9.17) is 9.47 Å². The van der Waals surface area contributed by atoms with Crippen LogP contribution in [0, 0.1) is 5.82 Å². The first-order chi connectivity index (χ1) is 13.2. The lowest BCUT2D eigenvalue weighted by Gasteiger charge is -2.19. The molecule has 2 aromatic carbocycles. The minimum Gasteiger partial charge on any atom is -0.493 e. The molecule has 2 rings (SSSR count). The molecule has 9 heteroatoms. The average Bonchev–Trinajstić information content (AvgIpc) is 2.67. The van der Waals surface area contributed by atoms with Gasteiger partial charge in [0.25, 0.3) is 0 Å². The Morgan fingerprint density at radius 2 is 1.61 bits per heavy atom. The third-order valence-corrected chi connectivity index (χ3v) is 5.66. The molecule has 0 aliphatic heterocycles. The summed E-state index contributed by atoms with van der Waals surface area (Å²) in [6.45, 7) is 3.16. The summed E-state index contributed by atoms with van der Waals surface area (Å²) in [5.74, 6) is -0.244. The number of ether oxygens (including phenoxy) is 2. The minimum atomic E-state index is -3.96. The largest absolute Gasteiger partial charge is 0.493 e. The lowest BCUT2D eigenvalue weighted by molar-refractivity contribution is -0.123. The molecule has 0 aliphatic rings. The maximum absolute atomic E-state index is 13.0. The van der Waals surface area contributed by atoms with Crippen molar-refractivity contribution in [2.45, 2.75) is 30.8 Å². The second kappa shape index (κ2) is 9.03. The van der Waals surface area contributed by atoms with E-state index in [1.807, 2.05) is 0 Å². The van der Waals surface area contributed by atoms with E-state index in [9.17, 15) is 17.6 Å². The molecule has 0 aliphatic carbocycles. The van der Waals surface area contributed by atoms with E-state index in [-0.39, 0.29) is 16.5 Å². The maximum Gasteiger partial charge on any atom is 0.241 e. The summed E-state index contributed by atoms with van der Waals surface area (Å²) in [6.07, 6.45) is 0. The molecule has 2 N–H and O–H groups in total. The van der Waals surface area contributed by atoms with Gasteiger partial charge in [-0.15, -0.1) is 0 Å². The number of halogens is 1. The van der Waals surface area contributed by atoms with Gasteiger partial charge < -0.3 is 14.8 Å². The van der Waals surface area contributed by atoms with Crippen molar-refractivity contribution in [1.29, 1.82) is 0 Å². The lowest BCUT2D eigenvalue weighted by Crippen LogP contribution is -2.45. The van der Waals surface area contributed by atoms with Gasteiger partial charge in [-0.25, -0.2) is 12.8 Å². The number of amides is 1. The van der Waals surface area contributed by atoms with Crippen LogP contribution in [0.15, 0.2) is 47.4 Å². The zero-order chi connectivity index (χ0) is 20.9. The van der Waals surface area contributed by atoms with Gasteiger partial charge >= 0.3 is 0 Å². The fraction of sp³-hybridized carbons (Fsp3) is 0.316. The van der Waals surface area contributed by atoms with E-state index in [0.29, 0.717) is 11.3 Å². The van der Waals surface area contributed by atoms with Crippen LogP contribution in [0.25, 0.3) is 0 Å². The molecule has 0 bridgehead atoms. The van der Waals surface area contributed by atoms with Crippen LogP contribution in [-0.2, 0) is 14.8 Å². The molecule has 0 aromatic heterocycles. The molecule has 0 unspecified atom stereocenters. The van der Waals surface area contributed by atoms with Crippen LogP contribution in [0.4, 0.5) is 4.39 Å². The van der Waals surface area contributed by atoms with Gasteiger partial charge in [-0.05, 0) is 43.7 Å². The van der Waals surface area contributed by atoms with Gasteiger partial charge in [0.2, 0.25) is 15.9 Å². The number of benzene rings is 2. The van der Waals surface area contributed by atoms with E-state index in [0.717, 1.165) is 0 Å². The van der Waals surface area contributed by atoms with E-state index in [1.54, 1.807) is 19.1 Å².